The Kier molecular flexibility index (Phi) is 3.48. The Bertz CT molecular complexity index is 558. The van der Waals surface area contributed by atoms with Gasteiger partial charge in [0.2, 0.25) is 0 Å². The Balaban J connectivity index is 1.85. The molecule has 0 aromatic carbocycles. The average molecular weight is 279 g/mol. The molecule has 1 aliphatic heterocycles. The summed E-state index contributed by atoms with van der Waals surface area (Å²) in [5, 5.41) is 4.97. The minimum atomic E-state index is 0.443. The molecule has 2 N–H and O–H groups in total. The van der Waals surface area contributed by atoms with Gasteiger partial charge < -0.3 is 15.2 Å². The molecule has 1 saturated heterocycles. The maximum Gasteiger partial charge on any atom is 0.271 e. The van der Waals surface area contributed by atoms with Crippen molar-refractivity contribution in [1.82, 2.24) is 15.1 Å². The van der Waals surface area contributed by atoms with Gasteiger partial charge in [-0.05, 0) is 31.3 Å². The third-order valence-corrected chi connectivity index (χ3v) is 4.43. The Morgan fingerprint density at radius 3 is 2.74 bits per heavy atom. The fourth-order valence-corrected chi connectivity index (χ4v) is 3.13. The fraction of sp³-hybridized carbons (Fsp3) is 0.583. The van der Waals surface area contributed by atoms with E-state index in [-0.39, 0.29) is 0 Å². The Morgan fingerprint density at radius 2 is 2.05 bits per heavy atom. The van der Waals surface area contributed by atoms with E-state index in [0.29, 0.717) is 18.4 Å². The van der Waals surface area contributed by atoms with E-state index in [1.54, 1.807) is 0 Å². The molecule has 6 nitrogen and oxygen atoms in total. The Hall–Kier alpha value is -1.47. The maximum absolute atomic E-state index is 5.61. The number of thiazole rings is 1. The highest BCUT2D eigenvalue weighted by Crippen LogP contribution is 2.30. The van der Waals surface area contributed by atoms with Crippen LogP contribution in [0, 0.1) is 6.92 Å². The van der Waals surface area contributed by atoms with Crippen LogP contribution in [-0.2, 0) is 6.54 Å². The van der Waals surface area contributed by atoms with Crippen LogP contribution in [0.4, 0.5) is 5.95 Å². The molecular formula is C12H17N5OS. The smallest absolute Gasteiger partial charge is 0.271 e. The Labute approximate surface area is 115 Å². The van der Waals surface area contributed by atoms with Crippen molar-refractivity contribution >= 4 is 17.3 Å². The molecule has 0 saturated carbocycles. The van der Waals surface area contributed by atoms with Gasteiger partial charge in [0.25, 0.3) is 11.8 Å². The predicted octanol–water partition coefficient (Wildman–Crippen LogP) is 1.95. The number of hydrogen-bond donors (Lipinski definition) is 1. The van der Waals surface area contributed by atoms with Crippen LogP contribution in [0.25, 0.3) is 10.8 Å². The lowest BCUT2D eigenvalue weighted by atomic mass is 10.1. The summed E-state index contributed by atoms with van der Waals surface area (Å²) in [5.74, 6) is 1.24. The summed E-state index contributed by atoms with van der Waals surface area (Å²) in [7, 11) is 0. The van der Waals surface area contributed by atoms with Crippen molar-refractivity contribution < 1.29 is 4.52 Å². The first-order valence-electron chi connectivity index (χ1n) is 6.53. The predicted molar refractivity (Wildman–Crippen MR) is 74.1 cm³/mol. The number of nitrogens with two attached hydrogens (primary N) is 1. The van der Waals surface area contributed by atoms with Gasteiger partial charge in [-0.1, -0.05) is 0 Å². The lowest BCUT2D eigenvalue weighted by Crippen LogP contribution is -2.30. The summed E-state index contributed by atoms with van der Waals surface area (Å²) in [4.78, 5) is 12.0. The van der Waals surface area contributed by atoms with Crippen LogP contribution in [0.15, 0.2) is 4.52 Å². The quantitative estimate of drug-likeness (QED) is 0.925. The van der Waals surface area contributed by atoms with E-state index in [4.69, 9.17) is 10.3 Å². The molecule has 1 aliphatic rings. The Morgan fingerprint density at radius 1 is 1.26 bits per heavy atom. The van der Waals surface area contributed by atoms with E-state index < -0.39 is 0 Å². The summed E-state index contributed by atoms with van der Waals surface area (Å²) in [5.41, 5.74) is 6.51. The highest BCUT2D eigenvalue weighted by molar-refractivity contribution is 7.15. The van der Waals surface area contributed by atoms with Crippen molar-refractivity contribution in [3.05, 3.63) is 10.7 Å². The van der Waals surface area contributed by atoms with Crippen molar-refractivity contribution in [3.63, 3.8) is 0 Å². The molecular weight excluding hydrogens is 262 g/mol. The number of piperidine rings is 1. The summed E-state index contributed by atoms with van der Waals surface area (Å²) < 4.78 is 5.37. The highest BCUT2D eigenvalue weighted by atomic mass is 32.1. The van der Waals surface area contributed by atoms with Gasteiger partial charge in [0.05, 0.1) is 5.69 Å². The molecule has 7 heteroatoms. The first-order valence-corrected chi connectivity index (χ1v) is 7.35. The van der Waals surface area contributed by atoms with E-state index in [1.165, 1.54) is 30.6 Å². The van der Waals surface area contributed by atoms with Crippen LogP contribution >= 0.6 is 11.3 Å². The molecule has 3 rings (SSSR count). The zero-order chi connectivity index (χ0) is 13.2. The normalized spacial score (nSPS) is 16.0. The zero-order valence-corrected chi connectivity index (χ0v) is 11.7. The van der Waals surface area contributed by atoms with E-state index in [2.05, 4.69) is 20.0 Å². The van der Waals surface area contributed by atoms with Crippen LogP contribution in [0.2, 0.25) is 0 Å². The molecule has 1 fully saturated rings. The van der Waals surface area contributed by atoms with Crippen LogP contribution in [0.5, 0.6) is 0 Å². The molecule has 2 aromatic rings. The van der Waals surface area contributed by atoms with Crippen molar-refractivity contribution in [1.29, 1.82) is 0 Å². The number of anilines is 1. The molecule has 0 atom stereocenters. The average Bonchev–Trinajstić information content (AvgIpc) is 3.06. The minimum absolute atomic E-state index is 0.443. The standard InChI is InChI=1S/C12H17N5OS/c1-8-10(19-9(7-13)14-8)11-15-12(16-18-11)17-5-3-2-4-6-17/h2-7,13H2,1H3. The maximum atomic E-state index is 5.61. The van der Waals surface area contributed by atoms with Gasteiger partial charge in [-0.3, -0.25) is 0 Å². The number of rotatable bonds is 3. The van der Waals surface area contributed by atoms with Crippen molar-refractivity contribution in [2.45, 2.75) is 32.7 Å². The van der Waals surface area contributed by atoms with Crippen LogP contribution < -0.4 is 10.6 Å². The van der Waals surface area contributed by atoms with Crippen LogP contribution in [0.1, 0.15) is 30.0 Å². The van der Waals surface area contributed by atoms with Gasteiger partial charge >= 0.3 is 0 Å². The topological polar surface area (TPSA) is 81.1 Å². The lowest BCUT2D eigenvalue weighted by Gasteiger charge is -2.24. The van der Waals surface area contributed by atoms with Gasteiger partial charge in [0, 0.05) is 19.6 Å². The molecule has 0 radical (unpaired) electrons. The largest absolute Gasteiger partial charge is 0.338 e. The lowest BCUT2D eigenvalue weighted by molar-refractivity contribution is 0.427. The van der Waals surface area contributed by atoms with Crippen LogP contribution in [0.3, 0.4) is 0 Å². The van der Waals surface area contributed by atoms with Gasteiger partial charge in [0.15, 0.2) is 0 Å². The van der Waals surface area contributed by atoms with E-state index in [1.807, 2.05) is 6.92 Å². The van der Waals surface area contributed by atoms with Gasteiger partial charge in [-0.15, -0.1) is 11.3 Å². The molecule has 0 aliphatic carbocycles. The first-order chi connectivity index (χ1) is 9.28. The SMILES string of the molecule is Cc1nc(CN)sc1-c1nc(N2CCCCC2)no1. The fourth-order valence-electron chi connectivity index (χ4n) is 2.27. The second-order valence-electron chi connectivity index (χ2n) is 4.67. The molecule has 0 amide bonds. The van der Waals surface area contributed by atoms with Gasteiger partial charge in [-0.25, -0.2) is 4.98 Å². The minimum Gasteiger partial charge on any atom is -0.338 e. The third kappa shape index (κ3) is 2.48. The van der Waals surface area contributed by atoms with Gasteiger partial charge in [0.1, 0.15) is 9.88 Å². The number of nitrogens with zero attached hydrogens (tertiary/aromatic N) is 4. The summed E-state index contributed by atoms with van der Waals surface area (Å²) in [6.45, 7) is 4.40. The molecule has 0 spiro atoms. The molecule has 102 valence electrons. The van der Waals surface area contributed by atoms with Crippen molar-refractivity contribution in [2.24, 2.45) is 5.73 Å². The molecule has 19 heavy (non-hydrogen) atoms. The zero-order valence-electron chi connectivity index (χ0n) is 10.9. The van der Waals surface area contributed by atoms with Crippen LogP contribution in [-0.4, -0.2) is 28.2 Å². The highest BCUT2D eigenvalue weighted by Gasteiger charge is 2.20. The molecule has 0 bridgehead atoms. The molecule has 0 unspecified atom stereocenters. The van der Waals surface area contributed by atoms with Crippen molar-refractivity contribution in [2.75, 3.05) is 18.0 Å². The second kappa shape index (κ2) is 5.26. The molecule has 2 aromatic heterocycles. The number of aromatic nitrogens is 3. The monoisotopic (exact) mass is 279 g/mol. The summed E-state index contributed by atoms with van der Waals surface area (Å²) >= 11 is 1.52. The van der Waals surface area contributed by atoms with E-state index in [9.17, 15) is 0 Å². The third-order valence-electron chi connectivity index (χ3n) is 3.26. The number of hydrogen-bond acceptors (Lipinski definition) is 7. The summed E-state index contributed by atoms with van der Waals surface area (Å²) in [6.07, 6.45) is 3.68. The number of aryl methyl sites for hydroxylation is 1. The summed E-state index contributed by atoms with van der Waals surface area (Å²) in [6, 6.07) is 0. The first kappa shape index (κ1) is 12.6. The van der Waals surface area contributed by atoms with E-state index >= 15 is 0 Å². The van der Waals surface area contributed by atoms with Crippen molar-refractivity contribution in [3.8, 4) is 10.8 Å². The van der Waals surface area contributed by atoms with Gasteiger partial charge in [-0.2, -0.15) is 4.98 Å². The second-order valence-corrected chi connectivity index (χ2v) is 5.76. The molecule has 3 heterocycles. The van der Waals surface area contributed by atoms with E-state index in [0.717, 1.165) is 28.7 Å².